The van der Waals surface area contributed by atoms with E-state index in [-0.39, 0.29) is 6.10 Å². The first-order chi connectivity index (χ1) is 14.5. The van der Waals surface area contributed by atoms with Gasteiger partial charge in [-0.2, -0.15) is 4.31 Å². The van der Waals surface area contributed by atoms with Gasteiger partial charge in [0.1, 0.15) is 0 Å². The molecule has 1 aliphatic heterocycles. The van der Waals surface area contributed by atoms with Crippen LogP contribution in [0.3, 0.4) is 0 Å². The molecule has 1 atom stereocenters. The summed E-state index contributed by atoms with van der Waals surface area (Å²) in [6.45, 7) is 2.67. The van der Waals surface area contributed by atoms with Crippen LogP contribution in [-0.2, 0) is 20.2 Å². The smallest absolute Gasteiger partial charge is 0.243 e. The highest BCUT2D eigenvalue weighted by Gasteiger charge is 2.46. The third kappa shape index (κ3) is 3.81. The Kier molecular flexibility index (Phi) is 5.78. The highest BCUT2D eigenvalue weighted by molar-refractivity contribution is 7.89. The van der Waals surface area contributed by atoms with Crippen LogP contribution in [0.4, 0.5) is 0 Å². The zero-order valence-corrected chi connectivity index (χ0v) is 18.2. The third-order valence-electron chi connectivity index (χ3n) is 6.07. The van der Waals surface area contributed by atoms with Gasteiger partial charge < -0.3 is 4.74 Å². The minimum atomic E-state index is -3.66. The van der Waals surface area contributed by atoms with Gasteiger partial charge in [0, 0.05) is 25.6 Å². The van der Waals surface area contributed by atoms with E-state index in [1.807, 2.05) is 55.5 Å². The van der Waals surface area contributed by atoms with Gasteiger partial charge >= 0.3 is 0 Å². The number of rotatable bonds is 5. The van der Waals surface area contributed by atoms with Gasteiger partial charge in [0.15, 0.2) is 0 Å². The molecule has 0 bridgehead atoms. The van der Waals surface area contributed by atoms with Crippen molar-refractivity contribution in [2.24, 2.45) is 0 Å². The van der Waals surface area contributed by atoms with Crippen LogP contribution < -0.4 is 0 Å². The summed E-state index contributed by atoms with van der Waals surface area (Å²) in [5.74, 6) is 0. The van der Waals surface area contributed by atoms with Crippen molar-refractivity contribution >= 4 is 10.0 Å². The van der Waals surface area contributed by atoms with Gasteiger partial charge in [-0.3, -0.25) is 0 Å². The molecule has 30 heavy (non-hydrogen) atoms. The van der Waals surface area contributed by atoms with E-state index >= 15 is 0 Å². The van der Waals surface area contributed by atoms with Crippen LogP contribution >= 0.6 is 0 Å². The summed E-state index contributed by atoms with van der Waals surface area (Å²) in [7, 11) is -2.00. The molecule has 3 aromatic carbocycles. The minimum Gasteiger partial charge on any atom is -0.380 e. The second kappa shape index (κ2) is 8.34. The van der Waals surface area contributed by atoms with Gasteiger partial charge in [-0.25, -0.2) is 8.42 Å². The van der Waals surface area contributed by atoms with Gasteiger partial charge in [0.05, 0.1) is 11.0 Å². The van der Waals surface area contributed by atoms with Crippen molar-refractivity contribution in [1.29, 1.82) is 0 Å². The number of piperidine rings is 1. The maximum absolute atomic E-state index is 13.6. The fourth-order valence-electron chi connectivity index (χ4n) is 4.41. The number of methoxy groups -OCH3 is 1. The molecule has 0 spiro atoms. The number of hydrogen-bond acceptors (Lipinski definition) is 3. The Bertz CT molecular complexity index is 1040. The average Bonchev–Trinajstić information content (AvgIpc) is 2.80. The van der Waals surface area contributed by atoms with Gasteiger partial charge in [-0.15, -0.1) is 0 Å². The molecule has 156 valence electrons. The van der Waals surface area contributed by atoms with E-state index in [0.29, 0.717) is 18.0 Å². The van der Waals surface area contributed by atoms with Gasteiger partial charge in [0.25, 0.3) is 0 Å². The maximum Gasteiger partial charge on any atom is 0.243 e. The first-order valence-electron chi connectivity index (χ1n) is 10.2. The van der Waals surface area contributed by atoms with Crippen LogP contribution in [0.1, 0.15) is 23.1 Å². The van der Waals surface area contributed by atoms with Crippen LogP contribution in [-0.4, -0.2) is 39.0 Å². The Hall–Kier alpha value is -2.47. The normalized spacial score (nSPS) is 19.5. The first-order valence-corrected chi connectivity index (χ1v) is 11.6. The van der Waals surface area contributed by atoms with Crippen molar-refractivity contribution in [3.63, 3.8) is 0 Å². The van der Waals surface area contributed by atoms with Gasteiger partial charge in [-0.1, -0.05) is 78.4 Å². The van der Waals surface area contributed by atoms with E-state index in [9.17, 15) is 8.42 Å². The van der Waals surface area contributed by atoms with Crippen molar-refractivity contribution in [2.45, 2.75) is 29.8 Å². The second-order valence-corrected chi connectivity index (χ2v) is 9.92. The summed E-state index contributed by atoms with van der Waals surface area (Å²) in [5, 5.41) is 0. The Morgan fingerprint density at radius 2 is 1.40 bits per heavy atom. The molecule has 1 fully saturated rings. The summed E-state index contributed by atoms with van der Waals surface area (Å²) in [4.78, 5) is 0.319. The fraction of sp³-hybridized carbons (Fsp3) is 0.280. The molecule has 4 rings (SSSR count). The average molecular weight is 422 g/mol. The molecule has 3 aromatic rings. The van der Waals surface area contributed by atoms with Crippen molar-refractivity contribution in [3.8, 4) is 0 Å². The molecule has 1 aliphatic rings. The molecule has 1 unspecified atom stereocenters. The van der Waals surface area contributed by atoms with Crippen LogP contribution in [0.5, 0.6) is 0 Å². The zero-order valence-electron chi connectivity index (χ0n) is 17.4. The third-order valence-corrected chi connectivity index (χ3v) is 7.90. The predicted octanol–water partition coefficient (Wildman–Crippen LogP) is 4.39. The molecule has 0 radical (unpaired) electrons. The largest absolute Gasteiger partial charge is 0.380 e. The van der Waals surface area contributed by atoms with Crippen LogP contribution in [0.2, 0.25) is 0 Å². The second-order valence-electron chi connectivity index (χ2n) is 7.99. The fourth-order valence-corrected chi connectivity index (χ4v) is 5.94. The lowest BCUT2D eigenvalue weighted by molar-refractivity contribution is 0.0321. The van der Waals surface area contributed by atoms with E-state index < -0.39 is 15.4 Å². The maximum atomic E-state index is 13.6. The molecule has 1 heterocycles. The SMILES string of the molecule is COC1CN(S(=O)(=O)c2ccc(C)cc2)CC(c2ccccc2)(c2ccccc2)C1. The summed E-state index contributed by atoms with van der Waals surface area (Å²) >= 11 is 0. The van der Waals surface area contributed by atoms with Gasteiger partial charge in [-0.05, 0) is 36.6 Å². The molecule has 0 aromatic heterocycles. The Morgan fingerprint density at radius 3 is 1.90 bits per heavy atom. The number of hydrogen-bond donors (Lipinski definition) is 0. The quantitative estimate of drug-likeness (QED) is 0.614. The highest BCUT2D eigenvalue weighted by Crippen LogP contribution is 2.42. The Labute approximate surface area is 179 Å². The summed E-state index contributed by atoms with van der Waals surface area (Å²) in [5.41, 5.74) is 2.74. The molecule has 0 aliphatic carbocycles. The van der Waals surface area contributed by atoms with E-state index in [4.69, 9.17) is 4.74 Å². The molecule has 4 nitrogen and oxygen atoms in total. The summed E-state index contributed by atoms with van der Waals surface area (Å²) in [6.07, 6.45) is 0.511. The summed E-state index contributed by atoms with van der Waals surface area (Å²) < 4.78 is 34.5. The lowest BCUT2D eigenvalue weighted by Crippen LogP contribution is -2.54. The van der Waals surface area contributed by atoms with Crippen molar-refractivity contribution in [2.75, 3.05) is 20.2 Å². The van der Waals surface area contributed by atoms with Crippen molar-refractivity contribution in [1.82, 2.24) is 4.31 Å². The number of ether oxygens (including phenoxy) is 1. The molecule has 0 N–H and O–H groups in total. The highest BCUT2D eigenvalue weighted by atomic mass is 32.2. The minimum absolute atomic E-state index is 0.209. The van der Waals surface area contributed by atoms with E-state index in [0.717, 1.165) is 23.1 Å². The number of nitrogens with zero attached hydrogens (tertiary/aromatic N) is 1. The molecular weight excluding hydrogens is 394 g/mol. The van der Waals surface area contributed by atoms with Gasteiger partial charge in [0.2, 0.25) is 10.0 Å². The molecule has 1 saturated heterocycles. The molecule has 0 saturated carbocycles. The van der Waals surface area contributed by atoms with Crippen LogP contribution in [0, 0.1) is 6.92 Å². The molecular formula is C25H27NO3S. The number of benzene rings is 3. The first kappa shape index (κ1) is 20.8. The van der Waals surface area contributed by atoms with E-state index in [1.54, 1.807) is 23.5 Å². The standard InChI is InChI=1S/C25H27NO3S/c1-20-13-15-24(16-14-20)30(27,28)26-18-23(29-2)17-25(19-26,21-9-5-3-6-10-21)22-11-7-4-8-12-22/h3-16,23H,17-19H2,1-2H3. The summed E-state index contributed by atoms with van der Waals surface area (Å²) in [6, 6.07) is 27.4. The van der Waals surface area contributed by atoms with Crippen LogP contribution in [0.15, 0.2) is 89.8 Å². The Balaban J connectivity index is 1.84. The lowest BCUT2D eigenvalue weighted by Gasteiger charge is -2.46. The topological polar surface area (TPSA) is 46.6 Å². The van der Waals surface area contributed by atoms with Crippen molar-refractivity contribution in [3.05, 3.63) is 102 Å². The van der Waals surface area contributed by atoms with Crippen LogP contribution in [0.25, 0.3) is 0 Å². The lowest BCUT2D eigenvalue weighted by atomic mass is 9.69. The number of aryl methyl sites for hydroxylation is 1. The number of sulfonamides is 1. The van der Waals surface area contributed by atoms with E-state index in [1.165, 1.54) is 0 Å². The Morgan fingerprint density at radius 1 is 0.867 bits per heavy atom. The molecule has 0 amide bonds. The zero-order chi connectivity index (χ0) is 21.2. The van der Waals surface area contributed by atoms with Crippen molar-refractivity contribution < 1.29 is 13.2 Å². The monoisotopic (exact) mass is 421 g/mol. The van der Waals surface area contributed by atoms with E-state index in [2.05, 4.69) is 24.3 Å². The molecule has 5 heteroatoms. The predicted molar refractivity (Wildman–Crippen MR) is 119 cm³/mol.